The average Bonchev–Trinajstić information content (AvgIpc) is 2.98. The minimum Gasteiger partial charge on any atom is -0.475 e. The van der Waals surface area contributed by atoms with Crippen LogP contribution in [0.15, 0.2) is 50.9 Å². The monoisotopic (exact) mass is 338 g/mol. The zero-order valence-corrected chi connectivity index (χ0v) is 12.7. The molecule has 22 heavy (non-hydrogen) atoms. The Morgan fingerprint density at radius 1 is 1.05 bits per heavy atom. The molecule has 0 unspecified atom stereocenters. The molecule has 1 aromatic carbocycles. The SMILES string of the molecule is O=C(O)C(=O)CC(=O)c1ccsc1S(=O)(=O)c1ccccc1. The zero-order valence-electron chi connectivity index (χ0n) is 11.1. The van der Waals surface area contributed by atoms with Crippen LogP contribution in [0.25, 0.3) is 0 Å². The van der Waals surface area contributed by atoms with Gasteiger partial charge < -0.3 is 5.11 Å². The van der Waals surface area contributed by atoms with Crippen molar-refractivity contribution in [3.05, 3.63) is 47.3 Å². The highest BCUT2D eigenvalue weighted by molar-refractivity contribution is 7.93. The second-order valence-electron chi connectivity index (χ2n) is 4.27. The minimum atomic E-state index is -3.89. The quantitative estimate of drug-likeness (QED) is 0.489. The summed E-state index contributed by atoms with van der Waals surface area (Å²) >= 11 is 0.848. The maximum atomic E-state index is 12.5. The highest BCUT2D eigenvalue weighted by Gasteiger charge is 2.27. The molecule has 1 heterocycles. The number of Topliss-reactive ketones (excluding diaryl/α,β-unsaturated/α-hetero) is 2. The lowest BCUT2D eigenvalue weighted by Gasteiger charge is -2.04. The largest absolute Gasteiger partial charge is 0.475 e. The van der Waals surface area contributed by atoms with Gasteiger partial charge in [0.15, 0.2) is 5.78 Å². The van der Waals surface area contributed by atoms with Crippen LogP contribution in [-0.2, 0) is 19.4 Å². The van der Waals surface area contributed by atoms with Crippen LogP contribution in [0.5, 0.6) is 0 Å². The number of thiophene rings is 1. The fraction of sp³-hybridized carbons (Fsp3) is 0.0714. The van der Waals surface area contributed by atoms with Gasteiger partial charge in [0.25, 0.3) is 0 Å². The molecule has 114 valence electrons. The number of benzene rings is 1. The molecule has 2 rings (SSSR count). The summed E-state index contributed by atoms with van der Waals surface area (Å²) in [4.78, 5) is 33.6. The van der Waals surface area contributed by atoms with Crippen molar-refractivity contribution < 1.29 is 27.9 Å². The number of sulfone groups is 1. The van der Waals surface area contributed by atoms with Gasteiger partial charge in [0.1, 0.15) is 4.21 Å². The Hall–Kier alpha value is -2.32. The maximum Gasteiger partial charge on any atom is 0.372 e. The number of carboxylic acid groups (broad SMARTS) is 1. The summed E-state index contributed by atoms with van der Waals surface area (Å²) in [5.41, 5.74) is -0.163. The van der Waals surface area contributed by atoms with Gasteiger partial charge in [-0.1, -0.05) is 18.2 Å². The fourth-order valence-corrected chi connectivity index (χ4v) is 4.53. The average molecular weight is 338 g/mol. The van der Waals surface area contributed by atoms with E-state index in [1.165, 1.54) is 23.6 Å². The summed E-state index contributed by atoms with van der Waals surface area (Å²) in [5.74, 6) is -3.83. The highest BCUT2D eigenvalue weighted by atomic mass is 32.2. The van der Waals surface area contributed by atoms with Crippen LogP contribution >= 0.6 is 11.3 Å². The summed E-state index contributed by atoms with van der Waals surface area (Å²) in [5, 5.41) is 9.93. The normalized spacial score (nSPS) is 11.1. The van der Waals surface area contributed by atoms with Gasteiger partial charge in [-0.25, -0.2) is 13.2 Å². The van der Waals surface area contributed by atoms with E-state index in [1.54, 1.807) is 18.2 Å². The molecule has 0 saturated carbocycles. The Morgan fingerprint density at radius 3 is 2.27 bits per heavy atom. The predicted octanol–water partition coefficient (Wildman–Crippen LogP) is 1.81. The van der Waals surface area contributed by atoms with Crippen molar-refractivity contribution in [3.8, 4) is 0 Å². The summed E-state index contributed by atoms with van der Waals surface area (Å²) in [6, 6.07) is 8.83. The molecule has 0 saturated heterocycles. The summed E-state index contributed by atoms with van der Waals surface area (Å²) in [6.45, 7) is 0. The van der Waals surface area contributed by atoms with Gasteiger partial charge in [-0.05, 0) is 23.6 Å². The molecule has 0 fully saturated rings. The molecule has 0 spiro atoms. The molecule has 0 bridgehead atoms. The molecule has 0 aliphatic carbocycles. The number of hydrogen-bond acceptors (Lipinski definition) is 6. The lowest BCUT2D eigenvalue weighted by molar-refractivity contribution is -0.148. The first kappa shape index (κ1) is 16.1. The van der Waals surface area contributed by atoms with Crippen LogP contribution in [0.4, 0.5) is 0 Å². The number of rotatable bonds is 6. The van der Waals surface area contributed by atoms with Crippen molar-refractivity contribution in [2.45, 2.75) is 15.5 Å². The standard InChI is InChI=1S/C14H10O6S2/c15-11(8-12(16)13(17)18)10-6-7-21-14(10)22(19,20)9-4-2-1-3-5-9/h1-7H,8H2,(H,17,18). The zero-order chi connectivity index (χ0) is 16.3. The number of carboxylic acids is 1. The third kappa shape index (κ3) is 3.12. The first-order valence-electron chi connectivity index (χ1n) is 6.01. The lowest BCUT2D eigenvalue weighted by Crippen LogP contribution is -2.18. The molecule has 1 N–H and O–H groups in total. The van der Waals surface area contributed by atoms with Gasteiger partial charge in [-0.15, -0.1) is 11.3 Å². The Morgan fingerprint density at radius 2 is 1.68 bits per heavy atom. The van der Waals surface area contributed by atoms with Crippen LogP contribution in [0.3, 0.4) is 0 Å². The predicted molar refractivity (Wildman–Crippen MR) is 77.8 cm³/mol. The number of carbonyl (C=O) groups is 3. The van der Waals surface area contributed by atoms with Crippen LogP contribution < -0.4 is 0 Å². The summed E-state index contributed by atoms with van der Waals surface area (Å²) < 4.78 is 24.8. The molecule has 6 nitrogen and oxygen atoms in total. The van der Waals surface area contributed by atoms with Gasteiger partial charge in [0.05, 0.1) is 11.3 Å². The van der Waals surface area contributed by atoms with E-state index < -0.39 is 33.8 Å². The van der Waals surface area contributed by atoms with E-state index in [-0.39, 0.29) is 14.7 Å². The first-order valence-corrected chi connectivity index (χ1v) is 8.37. The molecule has 2 aromatic rings. The van der Waals surface area contributed by atoms with Crippen LogP contribution in [0.2, 0.25) is 0 Å². The van der Waals surface area contributed by atoms with Crippen molar-refractivity contribution in [2.24, 2.45) is 0 Å². The van der Waals surface area contributed by atoms with Crippen molar-refractivity contribution in [2.75, 3.05) is 0 Å². The summed E-state index contributed by atoms with van der Waals surface area (Å²) in [7, 11) is -3.89. The van der Waals surface area contributed by atoms with Crippen LogP contribution in [0.1, 0.15) is 16.8 Å². The van der Waals surface area contributed by atoms with Gasteiger partial charge >= 0.3 is 5.97 Å². The number of carbonyl (C=O) groups excluding carboxylic acids is 2. The summed E-state index contributed by atoms with van der Waals surface area (Å²) in [6.07, 6.45) is -0.872. The van der Waals surface area contributed by atoms with Crippen molar-refractivity contribution in [1.82, 2.24) is 0 Å². The second kappa shape index (κ2) is 6.20. The molecular weight excluding hydrogens is 328 g/mol. The van der Waals surface area contributed by atoms with Crippen LogP contribution in [0, 0.1) is 0 Å². The fourth-order valence-electron chi connectivity index (χ4n) is 1.73. The van der Waals surface area contributed by atoms with Crippen LogP contribution in [-0.4, -0.2) is 31.1 Å². The number of ketones is 2. The highest BCUT2D eigenvalue weighted by Crippen LogP contribution is 2.29. The molecule has 0 radical (unpaired) electrons. The Labute approximate surface area is 129 Å². The first-order chi connectivity index (χ1) is 10.3. The lowest BCUT2D eigenvalue weighted by atomic mass is 10.1. The molecule has 0 aliphatic heterocycles. The van der Waals surface area contributed by atoms with E-state index in [4.69, 9.17) is 5.11 Å². The Bertz CT molecular complexity index is 833. The van der Waals surface area contributed by atoms with E-state index in [0.717, 1.165) is 11.3 Å². The van der Waals surface area contributed by atoms with E-state index in [1.807, 2.05) is 0 Å². The maximum absolute atomic E-state index is 12.5. The topological polar surface area (TPSA) is 106 Å². The third-order valence-electron chi connectivity index (χ3n) is 2.79. The van der Waals surface area contributed by atoms with Crippen molar-refractivity contribution in [1.29, 1.82) is 0 Å². The third-order valence-corrected chi connectivity index (χ3v) is 6.04. The van der Waals surface area contributed by atoms with Gasteiger partial charge in [0, 0.05) is 5.56 Å². The minimum absolute atomic E-state index is 0.0241. The van der Waals surface area contributed by atoms with Crippen molar-refractivity contribution >= 4 is 38.7 Å². The van der Waals surface area contributed by atoms with E-state index >= 15 is 0 Å². The van der Waals surface area contributed by atoms with E-state index in [0.29, 0.717) is 0 Å². The number of aliphatic carboxylic acids is 1. The Kier molecular flexibility index (Phi) is 4.53. The number of hydrogen-bond donors (Lipinski definition) is 1. The van der Waals surface area contributed by atoms with E-state index in [9.17, 15) is 22.8 Å². The molecular formula is C14H10O6S2. The molecule has 1 aromatic heterocycles. The van der Waals surface area contributed by atoms with Gasteiger partial charge in [0.2, 0.25) is 15.6 Å². The van der Waals surface area contributed by atoms with Crippen molar-refractivity contribution in [3.63, 3.8) is 0 Å². The molecule has 0 atom stereocenters. The molecule has 0 amide bonds. The molecule has 0 aliphatic rings. The van der Waals surface area contributed by atoms with E-state index in [2.05, 4.69) is 0 Å². The Balaban J connectivity index is 2.40. The molecule has 8 heteroatoms. The second-order valence-corrected chi connectivity index (χ2v) is 7.33. The van der Waals surface area contributed by atoms with Gasteiger partial charge in [-0.3, -0.25) is 9.59 Å². The smallest absolute Gasteiger partial charge is 0.372 e. The van der Waals surface area contributed by atoms with Gasteiger partial charge in [-0.2, -0.15) is 0 Å².